The molecule has 2 heterocycles. The molecule has 2 aliphatic heterocycles. The van der Waals surface area contributed by atoms with Crippen molar-refractivity contribution in [3.05, 3.63) is 0 Å². The van der Waals surface area contributed by atoms with E-state index in [2.05, 4.69) is 0 Å². The third-order valence-electron chi connectivity index (χ3n) is 4.61. The molecule has 2 saturated heterocycles. The maximum absolute atomic E-state index is 13.2. The number of alkyl halides is 2. The smallest absolute Gasteiger partial charge is 0.248 e. The number of carbonyl (C=O) groups is 1. The van der Waals surface area contributed by atoms with Crippen LogP contribution in [0.15, 0.2) is 0 Å². The average molecular weight is 289 g/mol. The third kappa shape index (κ3) is 2.81. The lowest BCUT2D eigenvalue weighted by atomic mass is 9.85. The maximum atomic E-state index is 13.2. The molecule has 3 rings (SSSR count). The van der Waals surface area contributed by atoms with E-state index in [0.717, 1.165) is 12.8 Å². The standard InChI is InChI=1S/C14H21F2NO3/c15-13(16)5-2-11(3-6-13)12(18)17-7-1-4-14(10-17)19-8-9-20-14/h11H,1-10H2. The minimum Gasteiger partial charge on any atom is -0.346 e. The van der Waals surface area contributed by atoms with Crippen molar-refractivity contribution in [2.24, 2.45) is 5.92 Å². The van der Waals surface area contributed by atoms with Gasteiger partial charge in [0.15, 0.2) is 5.79 Å². The van der Waals surface area contributed by atoms with Gasteiger partial charge < -0.3 is 14.4 Å². The van der Waals surface area contributed by atoms with Gasteiger partial charge in [-0.15, -0.1) is 0 Å². The molecule has 1 saturated carbocycles. The molecule has 0 bridgehead atoms. The second-order valence-corrected chi connectivity index (χ2v) is 6.10. The normalized spacial score (nSPS) is 29.8. The quantitative estimate of drug-likeness (QED) is 0.742. The largest absolute Gasteiger partial charge is 0.346 e. The predicted octanol–water partition coefficient (Wildman–Crippen LogP) is 2.18. The highest BCUT2D eigenvalue weighted by Crippen LogP contribution is 2.38. The molecule has 0 unspecified atom stereocenters. The molecule has 114 valence electrons. The number of nitrogens with zero attached hydrogens (tertiary/aromatic N) is 1. The lowest BCUT2D eigenvalue weighted by Gasteiger charge is -2.40. The Bertz CT molecular complexity index is 373. The van der Waals surface area contributed by atoms with Gasteiger partial charge in [-0.3, -0.25) is 4.79 Å². The van der Waals surface area contributed by atoms with E-state index in [0.29, 0.717) is 26.3 Å². The molecular formula is C14H21F2NO3. The minimum absolute atomic E-state index is 0.00123. The average Bonchev–Trinajstić information content (AvgIpc) is 2.86. The predicted molar refractivity (Wildman–Crippen MR) is 67.4 cm³/mol. The van der Waals surface area contributed by atoms with E-state index in [4.69, 9.17) is 9.47 Å². The van der Waals surface area contributed by atoms with Gasteiger partial charge >= 0.3 is 0 Å². The van der Waals surface area contributed by atoms with E-state index in [1.54, 1.807) is 4.90 Å². The van der Waals surface area contributed by atoms with Crippen LogP contribution in [0.1, 0.15) is 38.5 Å². The lowest BCUT2D eigenvalue weighted by molar-refractivity contribution is -0.195. The highest BCUT2D eigenvalue weighted by atomic mass is 19.3. The second kappa shape index (κ2) is 5.22. The molecule has 6 heteroatoms. The van der Waals surface area contributed by atoms with Crippen molar-refractivity contribution in [1.29, 1.82) is 0 Å². The summed E-state index contributed by atoms with van der Waals surface area (Å²) in [4.78, 5) is 14.2. The van der Waals surface area contributed by atoms with E-state index in [1.165, 1.54) is 0 Å². The number of carbonyl (C=O) groups excluding carboxylic acids is 1. The van der Waals surface area contributed by atoms with Crippen molar-refractivity contribution in [1.82, 2.24) is 4.90 Å². The number of ether oxygens (including phenoxy) is 2. The van der Waals surface area contributed by atoms with Crippen LogP contribution >= 0.6 is 0 Å². The molecule has 0 radical (unpaired) electrons. The van der Waals surface area contributed by atoms with Crippen LogP contribution in [0, 0.1) is 5.92 Å². The Balaban J connectivity index is 1.60. The highest BCUT2D eigenvalue weighted by Gasteiger charge is 2.44. The first kappa shape index (κ1) is 14.2. The van der Waals surface area contributed by atoms with Crippen LogP contribution in [0.4, 0.5) is 8.78 Å². The summed E-state index contributed by atoms with van der Waals surface area (Å²) in [5, 5.41) is 0. The molecule has 0 aromatic heterocycles. The Morgan fingerprint density at radius 1 is 1.10 bits per heavy atom. The van der Waals surface area contributed by atoms with Gasteiger partial charge in [0.25, 0.3) is 0 Å². The van der Waals surface area contributed by atoms with E-state index >= 15 is 0 Å². The zero-order valence-corrected chi connectivity index (χ0v) is 11.6. The van der Waals surface area contributed by atoms with Crippen LogP contribution in [0.5, 0.6) is 0 Å². The van der Waals surface area contributed by atoms with E-state index in [-0.39, 0.29) is 37.5 Å². The summed E-state index contributed by atoms with van der Waals surface area (Å²) in [6.07, 6.45) is 1.88. The Morgan fingerprint density at radius 2 is 1.75 bits per heavy atom. The molecule has 3 fully saturated rings. The molecule has 4 nitrogen and oxygen atoms in total. The topological polar surface area (TPSA) is 38.8 Å². The van der Waals surface area contributed by atoms with E-state index in [1.807, 2.05) is 0 Å². The number of halogens is 2. The molecule has 1 amide bonds. The molecule has 1 aliphatic carbocycles. The molecule has 1 spiro atoms. The number of piperidine rings is 1. The zero-order chi connectivity index (χ0) is 14.2. The Morgan fingerprint density at radius 3 is 2.40 bits per heavy atom. The molecule has 3 aliphatic rings. The first-order valence-electron chi connectivity index (χ1n) is 7.44. The van der Waals surface area contributed by atoms with Crippen LogP contribution in [-0.2, 0) is 14.3 Å². The summed E-state index contributed by atoms with van der Waals surface area (Å²) in [5.41, 5.74) is 0. The van der Waals surface area contributed by atoms with Crippen molar-refractivity contribution in [2.75, 3.05) is 26.3 Å². The minimum atomic E-state index is -2.59. The fourth-order valence-electron chi connectivity index (χ4n) is 3.45. The monoisotopic (exact) mass is 289 g/mol. The summed E-state index contributed by atoms with van der Waals surface area (Å²) in [6, 6.07) is 0. The van der Waals surface area contributed by atoms with Gasteiger partial charge in [0.1, 0.15) is 0 Å². The number of amides is 1. The van der Waals surface area contributed by atoms with Crippen LogP contribution in [0.25, 0.3) is 0 Å². The van der Waals surface area contributed by atoms with Gasteiger partial charge in [-0.05, 0) is 19.3 Å². The molecular weight excluding hydrogens is 268 g/mol. The maximum Gasteiger partial charge on any atom is 0.248 e. The first-order chi connectivity index (χ1) is 9.50. The summed E-state index contributed by atoms with van der Waals surface area (Å²) in [7, 11) is 0. The van der Waals surface area contributed by atoms with Gasteiger partial charge in [-0.25, -0.2) is 8.78 Å². The van der Waals surface area contributed by atoms with Gasteiger partial charge in [0.2, 0.25) is 11.8 Å². The number of likely N-dealkylation sites (tertiary alicyclic amines) is 1. The SMILES string of the molecule is O=C(C1CCC(F)(F)CC1)N1CCCC2(C1)OCCO2. The summed E-state index contributed by atoms with van der Waals surface area (Å²) >= 11 is 0. The third-order valence-corrected chi connectivity index (χ3v) is 4.61. The molecule has 20 heavy (non-hydrogen) atoms. The van der Waals surface area contributed by atoms with Gasteiger partial charge in [0.05, 0.1) is 19.8 Å². The van der Waals surface area contributed by atoms with Crippen LogP contribution in [-0.4, -0.2) is 48.8 Å². The second-order valence-electron chi connectivity index (χ2n) is 6.10. The van der Waals surface area contributed by atoms with E-state index < -0.39 is 11.7 Å². The number of rotatable bonds is 1. The van der Waals surface area contributed by atoms with Crippen molar-refractivity contribution in [3.63, 3.8) is 0 Å². The Labute approximate surface area is 117 Å². The first-order valence-corrected chi connectivity index (χ1v) is 7.44. The molecule has 0 aromatic rings. The Kier molecular flexibility index (Phi) is 3.71. The molecule has 0 N–H and O–H groups in total. The van der Waals surface area contributed by atoms with Crippen molar-refractivity contribution < 1.29 is 23.0 Å². The van der Waals surface area contributed by atoms with Crippen molar-refractivity contribution >= 4 is 5.91 Å². The zero-order valence-electron chi connectivity index (χ0n) is 11.6. The summed E-state index contributed by atoms with van der Waals surface area (Å²) in [5.74, 6) is -3.48. The number of hydrogen-bond acceptors (Lipinski definition) is 3. The summed E-state index contributed by atoms with van der Waals surface area (Å²) < 4.78 is 37.6. The summed E-state index contributed by atoms with van der Waals surface area (Å²) in [6.45, 7) is 2.26. The van der Waals surface area contributed by atoms with Crippen LogP contribution in [0.3, 0.4) is 0 Å². The van der Waals surface area contributed by atoms with Crippen molar-refractivity contribution in [3.8, 4) is 0 Å². The van der Waals surface area contributed by atoms with E-state index in [9.17, 15) is 13.6 Å². The molecule has 0 aromatic carbocycles. The van der Waals surface area contributed by atoms with Gasteiger partial charge in [0, 0.05) is 31.7 Å². The van der Waals surface area contributed by atoms with Gasteiger partial charge in [-0.1, -0.05) is 0 Å². The lowest BCUT2D eigenvalue weighted by Crippen LogP contribution is -2.52. The fraction of sp³-hybridized carbons (Fsp3) is 0.929. The van der Waals surface area contributed by atoms with Crippen LogP contribution in [0.2, 0.25) is 0 Å². The number of hydrogen-bond donors (Lipinski definition) is 0. The van der Waals surface area contributed by atoms with Gasteiger partial charge in [-0.2, -0.15) is 0 Å². The molecule has 0 atom stereocenters. The Hall–Kier alpha value is -0.750. The fourth-order valence-corrected chi connectivity index (χ4v) is 3.45. The van der Waals surface area contributed by atoms with Crippen LogP contribution < -0.4 is 0 Å². The van der Waals surface area contributed by atoms with Crippen molar-refractivity contribution in [2.45, 2.75) is 50.2 Å². The highest BCUT2D eigenvalue weighted by molar-refractivity contribution is 5.79.